The Morgan fingerprint density at radius 1 is 1.19 bits per heavy atom. The second-order valence-electron chi connectivity index (χ2n) is 5.36. The molecular weight excluding hydrogens is 374 g/mol. The lowest BCUT2D eigenvalue weighted by atomic mass is 10.1. The number of hydrogen-bond donors (Lipinski definition) is 2. The number of carbonyl (C=O) groups is 2. The van der Waals surface area contributed by atoms with Crippen molar-refractivity contribution in [1.82, 2.24) is 10.3 Å². The van der Waals surface area contributed by atoms with Crippen molar-refractivity contribution in [2.45, 2.75) is 6.54 Å². The number of amides is 2. The molecule has 9 heteroatoms. The zero-order valence-corrected chi connectivity index (χ0v) is 15.9. The van der Waals surface area contributed by atoms with Gasteiger partial charge in [0.05, 0.1) is 37.2 Å². The Hall–Kier alpha value is -2.84. The fraction of sp³-hybridized carbons (Fsp3) is 0.278. The normalized spacial score (nSPS) is 10.2. The van der Waals surface area contributed by atoms with Gasteiger partial charge in [-0.3, -0.25) is 14.6 Å². The van der Waals surface area contributed by atoms with E-state index in [1.807, 2.05) is 0 Å². The fourth-order valence-electron chi connectivity index (χ4n) is 2.32. The summed E-state index contributed by atoms with van der Waals surface area (Å²) >= 11 is 6.04. The topological polar surface area (TPSA) is 98.8 Å². The van der Waals surface area contributed by atoms with Gasteiger partial charge >= 0.3 is 0 Å². The van der Waals surface area contributed by atoms with Gasteiger partial charge in [-0.05, 0) is 24.3 Å². The van der Waals surface area contributed by atoms with Crippen molar-refractivity contribution < 1.29 is 23.8 Å². The van der Waals surface area contributed by atoms with Crippen LogP contribution in [0, 0.1) is 0 Å². The van der Waals surface area contributed by atoms with E-state index in [1.54, 1.807) is 18.3 Å². The van der Waals surface area contributed by atoms with Gasteiger partial charge in [-0.15, -0.1) is 0 Å². The molecule has 2 amide bonds. The summed E-state index contributed by atoms with van der Waals surface area (Å²) in [5.74, 6) is -0.185. The minimum absolute atomic E-state index is 0.139. The predicted octanol–water partition coefficient (Wildman–Crippen LogP) is 2.27. The second-order valence-corrected chi connectivity index (χ2v) is 5.76. The summed E-state index contributed by atoms with van der Waals surface area (Å²) in [5, 5.41) is 5.82. The number of pyridine rings is 1. The number of rotatable bonds is 8. The maximum Gasteiger partial charge on any atom is 0.251 e. The molecule has 1 heterocycles. The first kappa shape index (κ1) is 20.5. The van der Waals surface area contributed by atoms with Crippen LogP contribution < -0.4 is 20.1 Å². The molecule has 0 bridgehead atoms. The van der Waals surface area contributed by atoms with Crippen LogP contribution in [0.15, 0.2) is 30.5 Å². The van der Waals surface area contributed by atoms with Gasteiger partial charge in [0, 0.05) is 18.9 Å². The standard InChI is InChI=1S/C18H20ClN3O5/c1-25-10-16(23)22-13-7-11(8-15(26-2)17(13)27-3)18(24)21-9-14-12(19)5-4-6-20-14/h4-8H,9-10H2,1-3H3,(H,21,24)(H,22,23). The molecule has 1 aromatic heterocycles. The van der Waals surface area contributed by atoms with Crippen molar-refractivity contribution in [1.29, 1.82) is 0 Å². The van der Waals surface area contributed by atoms with Gasteiger partial charge < -0.3 is 24.8 Å². The van der Waals surface area contributed by atoms with E-state index < -0.39 is 5.91 Å². The van der Waals surface area contributed by atoms with Crippen LogP contribution >= 0.6 is 11.6 Å². The van der Waals surface area contributed by atoms with Crippen LogP contribution in [0.25, 0.3) is 0 Å². The molecule has 2 aromatic rings. The molecule has 8 nitrogen and oxygen atoms in total. The Labute approximate surface area is 161 Å². The van der Waals surface area contributed by atoms with Crippen molar-refractivity contribution in [3.8, 4) is 11.5 Å². The molecule has 0 aliphatic rings. The molecule has 1 aromatic carbocycles. The molecule has 0 radical (unpaired) electrons. The van der Waals surface area contributed by atoms with Crippen LogP contribution in [-0.2, 0) is 16.1 Å². The average molecular weight is 394 g/mol. The van der Waals surface area contributed by atoms with E-state index in [2.05, 4.69) is 15.6 Å². The van der Waals surface area contributed by atoms with Crippen LogP contribution in [0.3, 0.4) is 0 Å². The van der Waals surface area contributed by atoms with Crippen molar-refractivity contribution in [3.63, 3.8) is 0 Å². The van der Waals surface area contributed by atoms with Gasteiger partial charge in [-0.2, -0.15) is 0 Å². The summed E-state index contributed by atoms with van der Waals surface area (Å²) in [5.41, 5.74) is 1.11. The van der Waals surface area contributed by atoms with Gasteiger partial charge in [-0.1, -0.05) is 11.6 Å². The Bertz CT molecular complexity index is 829. The predicted molar refractivity (Wildman–Crippen MR) is 100 cm³/mol. The number of methoxy groups -OCH3 is 3. The molecule has 0 aliphatic heterocycles. The molecule has 0 atom stereocenters. The van der Waals surface area contributed by atoms with Gasteiger partial charge in [0.15, 0.2) is 11.5 Å². The van der Waals surface area contributed by atoms with Gasteiger partial charge in [-0.25, -0.2) is 0 Å². The first-order valence-electron chi connectivity index (χ1n) is 7.92. The first-order valence-corrected chi connectivity index (χ1v) is 8.30. The van der Waals surface area contributed by atoms with Crippen LogP contribution in [0.2, 0.25) is 5.02 Å². The highest BCUT2D eigenvalue weighted by Crippen LogP contribution is 2.36. The summed E-state index contributed by atoms with van der Waals surface area (Å²) in [7, 11) is 4.28. The Kier molecular flexibility index (Phi) is 7.39. The molecular formula is C18H20ClN3O5. The van der Waals surface area contributed by atoms with E-state index >= 15 is 0 Å². The van der Waals surface area contributed by atoms with Crippen molar-refractivity contribution in [3.05, 3.63) is 46.7 Å². The molecule has 0 aliphatic carbocycles. The summed E-state index contributed by atoms with van der Waals surface area (Å²) in [6.07, 6.45) is 1.59. The van der Waals surface area contributed by atoms with Gasteiger partial charge in [0.25, 0.3) is 5.91 Å². The molecule has 2 rings (SSSR count). The van der Waals surface area contributed by atoms with Crippen molar-refractivity contribution in [2.75, 3.05) is 33.3 Å². The molecule has 2 N–H and O–H groups in total. The lowest BCUT2D eigenvalue weighted by Gasteiger charge is -2.16. The maximum absolute atomic E-state index is 12.5. The molecule has 27 heavy (non-hydrogen) atoms. The Balaban J connectivity index is 2.25. The zero-order chi connectivity index (χ0) is 19.8. The molecule has 0 saturated heterocycles. The fourth-order valence-corrected chi connectivity index (χ4v) is 2.51. The average Bonchev–Trinajstić information content (AvgIpc) is 2.66. The Morgan fingerprint density at radius 2 is 1.96 bits per heavy atom. The van der Waals surface area contributed by atoms with Crippen molar-refractivity contribution >= 4 is 29.1 Å². The van der Waals surface area contributed by atoms with Crippen molar-refractivity contribution in [2.24, 2.45) is 0 Å². The minimum Gasteiger partial charge on any atom is -0.493 e. The molecule has 144 valence electrons. The highest BCUT2D eigenvalue weighted by molar-refractivity contribution is 6.31. The summed E-state index contributed by atoms with van der Waals surface area (Å²) in [6.45, 7) is 0.0122. The highest BCUT2D eigenvalue weighted by Gasteiger charge is 2.18. The van der Waals surface area contributed by atoms with Gasteiger partial charge in [0.1, 0.15) is 6.61 Å². The Morgan fingerprint density at radius 3 is 2.59 bits per heavy atom. The van der Waals surface area contributed by atoms with Gasteiger partial charge in [0.2, 0.25) is 5.91 Å². The summed E-state index contributed by atoms with van der Waals surface area (Å²) < 4.78 is 15.4. The second kappa shape index (κ2) is 9.75. The zero-order valence-electron chi connectivity index (χ0n) is 15.2. The molecule has 0 saturated carbocycles. The number of anilines is 1. The third-order valence-corrected chi connectivity index (χ3v) is 3.89. The van der Waals surface area contributed by atoms with E-state index in [0.717, 1.165) is 0 Å². The summed E-state index contributed by atoms with van der Waals surface area (Å²) in [4.78, 5) is 28.5. The third-order valence-electron chi connectivity index (χ3n) is 3.54. The molecule has 0 spiro atoms. The number of aromatic nitrogens is 1. The van der Waals surface area contributed by atoms with E-state index in [4.69, 9.17) is 25.8 Å². The quantitative estimate of drug-likeness (QED) is 0.713. The monoisotopic (exact) mass is 393 g/mol. The van der Waals surface area contributed by atoms with Crippen LogP contribution in [-0.4, -0.2) is 44.7 Å². The van der Waals surface area contributed by atoms with E-state index in [9.17, 15) is 9.59 Å². The number of benzene rings is 1. The van der Waals surface area contributed by atoms with Crippen LogP contribution in [0.4, 0.5) is 5.69 Å². The smallest absolute Gasteiger partial charge is 0.251 e. The number of halogens is 1. The van der Waals surface area contributed by atoms with Crippen LogP contribution in [0.5, 0.6) is 11.5 Å². The first-order chi connectivity index (χ1) is 13.0. The largest absolute Gasteiger partial charge is 0.493 e. The molecule has 0 fully saturated rings. The molecule has 0 unspecified atom stereocenters. The number of hydrogen-bond acceptors (Lipinski definition) is 6. The van der Waals surface area contributed by atoms with Crippen LogP contribution in [0.1, 0.15) is 16.1 Å². The lowest BCUT2D eigenvalue weighted by molar-refractivity contribution is -0.119. The maximum atomic E-state index is 12.5. The van der Waals surface area contributed by atoms with E-state index in [-0.39, 0.29) is 24.6 Å². The van der Waals surface area contributed by atoms with E-state index in [1.165, 1.54) is 33.5 Å². The third kappa shape index (κ3) is 5.32. The summed E-state index contributed by atoms with van der Waals surface area (Å²) in [6, 6.07) is 6.40. The SMILES string of the molecule is COCC(=O)Nc1cc(C(=O)NCc2ncccc2Cl)cc(OC)c1OC. The van der Waals surface area contributed by atoms with E-state index in [0.29, 0.717) is 27.9 Å². The highest BCUT2D eigenvalue weighted by atomic mass is 35.5. The lowest BCUT2D eigenvalue weighted by Crippen LogP contribution is -2.24. The minimum atomic E-state index is -0.393. The number of nitrogens with zero attached hydrogens (tertiary/aromatic N) is 1. The number of ether oxygens (including phenoxy) is 3. The number of carbonyl (C=O) groups excluding carboxylic acids is 2. The number of nitrogens with one attached hydrogen (secondary N) is 2.